The predicted molar refractivity (Wildman–Crippen MR) is 67.8 cm³/mol. The second-order valence-corrected chi connectivity index (χ2v) is 9.96. The van der Waals surface area contributed by atoms with Gasteiger partial charge in [0.1, 0.15) is 0 Å². The third-order valence-corrected chi connectivity index (χ3v) is 9.20. The summed E-state index contributed by atoms with van der Waals surface area (Å²) in [5.41, 5.74) is 3.29. The van der Waals surface area contributed by atoms with Gasteiger partial charge in [-0.1, -0.05) is 25.2 Å². The second-order valence-electron chi connectivity index (χ2n) is 3.31. The minimum absolute atomic E-state index is 0.581. The van der Waals surface area contributed by atoms with Crippen LogP contribution in [0, 0.1) is 0 Å². The van der Waals surface area contributed by atoms with Crippen LogP contribution in [0.25, 0.3) is 0 Å². The molecule has 5 heteroatoms. The molecule has 0 aliphatic carbocycles. The summed E-state index contributed by atoms with van der Waals surface area (Å²) in [5.74, 6) is 0. The maximum atomic E-state index is 10.2. The van der Waals surface area contributed by atoms with E-state index in [4.69, 9.17) is 8.54 Å². The average molecular weight is 246 g/mol. The molecule has 15 heavy (non-hydrogen) atoms. The van der Waals surface area contributed by atoms with Crippen molar-refractivity contribution in [2.45, 2.75) is 32.9 Å². The quantitative estimate of drug-likeness (QED) is 0.669. The summed E-state index contributed by atoms with van der Waals surface area (Å²) >= 11 is 0. The van der Waals surface area contributed by atoms with Crippen molar-refractivity contribution in [3.8, 4) is 0 Å². The smallest absolute Gasteiger partial charge is 0.355 e. The molecule has 0 aliphatic heterocycles. The molecule has 3 nitrogen and oxygen atoms in total. The number of hydrogen-bond acceptors (Lipinski definition) is 3. The Kier molecular flexibility index (Phi) is 6.30. The van der Waals surface area contributed by atoms with Gasteiger partial charge in [0.25, 0.3) is 0 Å². The maximum absolute atomic E-state index is 10.2. The van der Waals surface area contributed by atoms with Gasteiger partial charge in [-0.15, -0.1) is 13.2 Å². The van der Waals surface area contributed by atoms with E-state index in [-0.39, 0.29) is 0 Å². The summed E-state index contributed by atoms with van der Waals surface area (Å²) in [7, 11) is -5.20. The van der Waals surface area contributed by atoms with Crippen molar-refractivity contribution in [2.24, 2.45) is 0 Å². The van der Waals surface area contributed by atoms with Gasteiger partial charge in [0.15, 0.2) is 0 Å². The summed E-state index contributed by atoms with van der Waals surface area (Å²) < 4.78 is 11.5. The molecule has 0 heterocycles. The Balaban J connectivity index is 4.79. The first-order chi connectivity index (χ1) is 7.01. The van der Waals surface area contributed by atoms with Crippen LogP contribution >= 0.6 is 0 Å². The van der Waals surface area contributed by atoms with Gasteiger partial charge in [0, 0.05) is 6.61 Å². The minimum Gasteiger partial charge on any atom is -0.408 e. The lowest BCUT2D eigenvalue weighted by Crippen LogP contribution is -2.51. The van der Waals surface area contributed by atoms with Crippen molar-refractivity contribution in [3.63, 3.8) is 0 Å². The normalized spacial score (nSPS) is 18.9. The van der Waals surface area contributed by atoms with Crippen molar-refractivity contribution in [2.75, 3.05) is 6.61 Å². The first-order valence-corrected chi connectivity index (χ1v) is 9.59. The monoisotopic (exact) mass is 246 g/mol. The van der Waals surface area contributed by atoms with Gasteiger partial charge in [-0.2, -0.15) is 0 Å². The van der Waals surface area contributed by atoms with Crippen molar-refractivity contribution in [3.05, 3.63) is 24.6 Å². The molecule has 0 saturated carbocycles. The van der Waals surface area contributed by atoms with Crippen LogP contribution in [-0.4, -0.2) is 28.5 Å². The Morgan fingerprint density at radius 3 is 2.00 bits per heavy atom. The molecule has 0 aromatic rings. The summed E-state index contributed by atoms with van der Waals surface area (Å²) in [6, 6.07) is 1.35. The molecule has 2 atom stereocenters. The number of hydrogen-bond donors (Lipinski definition) is 1. The van der Waals surface area contributed by atoms with E-state index < -0.39 is 17.1 Å². The Hall–Kier alpha value is -0.206. The van der Waals surface area contributed by atoms with E-state index in [9.17, 15) is 4.80 Å². The van der Waals surface area contributed by atoms with Crippen LogP contribution < -0.4 is 0 Å². The zero-order chi connectivity index (χ0) is 11.9. The van der Waals surface area contributed by atoms with E-state index in [0.717, 1.165) is 6.04 Å². The van der Waals surface area contributed by atoms with Crippen molar-refractivity contribution in [1.29, 1.82) is 0 Å². The molecule has 0 fully saturated rings. The molecule has 0 spiro atoms. The van der Waals surface area contributed by atoms with E-state index in [1.807, 2.05) is 20.8 Å². The summed E-state index contributed by atoms with van der Waals surface area (Å²) in [4.78, 5) is 10.2. The van der Waals surface area contributed by atoms with E-state index in [2.05, 4.69) is 13.2 Å². The Morgan fingerprint density at radius 2 is 1.73 bits per heavy atom. The highest BCUT2D eigenvalue weighted by Crippen LogP contribution is 2.22. The van der Waals surface area contributed by atoms with Crippen molar-refractivity contribution in [1.82, 2.24) is 0 Å². The van der Waals surface area contributed by atoms with Gasteiger partial charge in [-0.25, -0.2) is 0 Å². The molecule has 2 unspecified atom stereocenters. The Bertz CT molecular complexity index is 223. The summed E-state index contributed by atoms with van der Waals surface area (Å²) in [6.45, 7) is 13.8. The van der Waals surface area contributed by atoms with Gasteiger partial charge >= 0.3 is 17.1 Å². The van der Waals surface area contributed by atoms with Crippen LogP contribution in [0.2, 0.25) is 12.1 Å². The van der Waals surface area contributed by atoms with Crippen LogP contribution in [0.3, 0.4) is 0 Å². The third-order valence-electron chi connectivity index (χ3n) is 2.37. The molecule has 1 N–H and O–H groups in total. The minimum atomic E-state index is -2.78. The first kappa shape index (κ1) is 14.8. The van der Waals surface area contributed by atoms with Gasteiger partial charge in [0.2, 0.25) is 0 Å². The zero-order valence-corrected chi connectivity index (χ0v) is 12.0. The lowest BCUT2D eigenvalue weighted by atomic mass is 10.9. The molecule has 88 valence electrons. The van der Waals surface area contributed by atoms with Crippen LogP contribution in [0.4, 0.5) is 0 Å². The van der Waals surface area contributed by atoms with Crippen LogP contribution in [0.15, 0.2) is 24.6 Å². The van der Waals surface area contributed by atoms with E-state index in [1.165, 1.54) is 0 Å². The lowest BCUT2D eigenvalue weighted by molar-refractivity contribution is 0.240. The standard InChI is InChI=1S/C10H22O3Si2/c1-6-12-15(9-4,10-5)13-14(11,7-2)8-3/h7,9,11H,2,4,6,8,10H2,1,3,5H3. The molecule has 0 radical (unpaired) electrons. The SMILES string of the molecule is C=C[Si](O)(CC)O[Si](C=C)(CC)OCC. The molecular formula is C10H22O3Si2. The molecule has 0 rings (SSSR count). The van der Waals surface area contributed by atoms with Crippen LogP contribution in [0.5, 0.6) is 0 Å². The zero-order valence-electron chi connectivity index (χ0n) is 9.95. The molecular weight excluding hydrogens is 224 g/mol. The van der Waals surface area contributed by atoms with Gasteiger partial charge in [-0.05, 0) is 19.0 Å². The predicted octanol–water partition coefficient (Wildman–Crippen LogP) is 2.41. The van der Waals surface area contributed by atoms with Gasteiger partial charge in [-0.3, -0.25) is 0 Å². The topological polar surface area (TPSA) is 38.7 Å². The summed E-state index contributed by atoms with van der Waals surface area (Å²) in [6.07, 6.45) is 0. The molecule has 0 aromatic carbocycles. The highest BCUT2D eigenvalue weighted by atomic mass is 28.5. The fourth-order valence-corrected chi connectivity index (χ4v) is 7.09. The largest absolute Gasteiger partial charge is 0.408 e. The Labute approximate surface area is 94.9 Å². The van der Waals surface area contributed by atoms with Crippen molar-refractivity contribution >= 4 is 17.1 Å². The molecule has 0 amide bonds. The van der Waals surface area contributed by atoms with E-state index >= 15 is 0 Å². The van der Waals surface area contributed by atoms with Crippen molar-refractivity contribution < 1.29 is 13.3 Å². The second kappa shape index (κ2) is 6.39. The lowest BCUT2D eigenvalue weighted by Gasteiger charge is -2.33. The van der Waals surface area contributed by atoms with Gasteiger partial charge < -0.3 is 13.3 Å². The summed E-state index contributed by atoms with van der Waals surface area (Å²) in [5, 5.41) is 0. The average Bonchev–Trinajstić information content (AvgIpc) is 2.28. The van der Waals surface area contributed by atoms with E-state index in [0.29, 0.717) is 12.7 Å². The van der Waals surface area contributed by atoms with Crippen LogP contribution in [-0.2, 0) is 8.54 Å². The van der Waals surface area contributed by atoms with Crippen LogP contribution in [0.1, 0.15) is 20.8 Å². The fraction of sp³-hybridized carbons (Fsp3) is 0.600. The maximum Gasteiger partial charge on any atom is 0.355 e. The first-order valence-electron chi connectivity index (χ1n) is 5.35. The molecule has 0 bridgehead atoms. The number of rotatable bonds is 8. The molecule has 0 aromatic heterocycles. The highest BCUT2D eigenvalue weighted by molar-refractivity contribution is 6.85. The molecule has 0 aliphatic rings. The highest BCUT2D eigenvalue weighted by Gasteiger charge is 2.41. The fourth-order valence-electron chi connectivity index (χ4n) is 1.25. The van der Waals surface area contributed by atoms with Gasteiger partial charge in [0.05, 0.1) is 0 Å². The Morgan fingerprint density at radius 1 is 1.13 bits per heavy atom. The van der Waals surface area contributed by atoms with E-state index in [1.54, 1.807) is 11.4 Å². The third kappa shape index (κ3) is 4.04. The molecule has 0 saturated heterocycles.